The van der Waals surface area contributed by atoms with Crippen molar-refractivity contribution in [3.05, 3.63) is 45.1 Å². The molecule has 1 aliphatic heterocycles. The summed E-state index contributed by atoms with van der Waals surface area (Å²) >= 11 is 1.58. The van der Waals surface area contributed by atoms with E-state index in [1.54, 1.807) is 16.7 Å². The Hall–Kier alpha value is -3.01. The molecule has 1 atom stereocenters. The smallest absolute Gasteiger partial charge is 0.330 e. The number of aromatic nitrogens is 2. The van der Waals surface area contributed by atoms with Gasteiger partial charge in [0.05, 0.1) is 5.92 Å². The minimum absolute atomic E-state index is 0.0231. The molecule has 1 aromatic carbocycles. The number of nitrogens with one attached hydrogen (secondary N) is 1. The number of unbranched alkanes of at least 4 members (excludes halogenated alkanes) is 1. The van der Waals surface area contributed by atoms with Crippen LogP contribution in [0.5, 0.6) is 0 Å². The van der Waals surface area contributed by atoms with Crippen molar-refractivity contribution in [3.63, 3.8) is 0 Å². The van der Waals surface area contributed by atoms with E-state index in [2.05, 4.69) is 4.98 Å². The van der Waals surface area contributed by atoms with Crippen LogP contribution >= 0.6 is 11.8 Å². The predicted molar refractivity (Wildman–Crippen MR) is 137 cm³/mol. The second-order valence-electron chi connectivity index (χ2n) is 8.95. The van der Waals surface area contributed by atoms with Crippen molar-refractivity contribution in [1.82, 2.24) is 9.55 Å². The molecule has 2 heterocycles. The van der Waals surface area contributed by atoms with Crippen LogP contribution < -0.4 is 26.8 Å². The molecule has 3 rings (SSSR count). The van der Waals surface area contributed by atoms with Gasteiger partial charge in [-0.2, -0.15) is 0 Å². The van der Waals surface area contributed by atoms with Gasteiger partial charge in [0.1, 0.15) is 5.82 Å². The molecule has 1 aromatic heterocycles. The predicted octanol–water partition coefficient (Wildman–Crippen LogP) is 2.68. The molecule has 1 saturated heterocycles. The molecule has 1 unspecified atom stereocenters. The third-order valence-corrected chi connectivity index (χ3v) is 6.60. The van der Waals surface area contributed by atoms with E-state index in [-0.39, 0.29) is 48.7 Å². The summed E-state index contributed by atoms with van der Waals surface area (Å²) in [5, 5.41) is 0. The molecule has 34 heavy (non-hydrogen) atoms. The number of amides is 2. The Morgan fingerprint density at radius 1 is 1.29 bits per heavy atom. The molecule has 0 aliphatic carbocycles. The molecule has 3 N–H and O–H groups in total. The first-order chi connectivity index (χ1) is 16.2. The van der Waals surface area contributed by atoms with Gasteiger partial charge in [0.2, 0.25) is 11.8 Å². The summed E-state index contributed by atoms with van der Waals surface area (Å²) < 4.78 is 1.31. The van der Waals surface area contributed by atoms with Gasteiger partial charge in [0.15, 0.2) is 5.69 Å². The maximum Gasteiger partial charge on any atom is 0.330 e. The zero-order valence-corrected chi connectivity index (χ0v) is 21.0. The SMILES string of the molecule is CCCCn1c(N)c(N(CC(C)C)C(=O)C2CC(=O)N(c3cccc(SC)c3)C2)c(=O)[nH]c1=O. The normalized spacial score (nSPS) is 15.9. The van der Waals surface area contributed by atoms with Gasteiger partial charge in [-0.05, 0) is 36.8 Å². The number of H-pyrrole nitrogens is 1. The summed E-state index contributed by atoms with van der Waals surface area (Å²) in [5.41, 5.74) is 5.72. The standard InChI is InChI=1S/C24H33N5O4S/c1-5-6-10-27-21(25)20(22(31)26-24(27)33)29(13-15(2)3)23(32)16-11-19(30)28(14-16)17-8-7-9-18(12-17)34-4/h7-9,12,15-16H,5-6,10-11,13-14,25H2,1-4H3,(H,26,31,33). The molecule has 184 valence electrons. The average Bonchev–Trinajstić information content (AvgIpc) is 3.19. The maximum atomic E-state index is 13.7. The minimum Gasteiger partial charge on any atom is -0.383 e. The van der Waals surface area contributed by atoms with Gasteiger partial charge in [0.25, 0.3) is 5.56 Å². The fourth-order valence-corrected chi connectivity index (χ4v) is 4.61. The number of hydrogen-bond donors (Lipinski definition) is 2. The fourth-order valence-electron chi connectivity index (χ4n) is 4.15. The molecule has 2 aromatic rings. The lowest BCUT2D eigenvalue weighted by atomic mass is 10.1. The Bertz CT molecular complexity index is 1170. The summed E-state index contributed by atoms with van der Waals surface area (Å²) in [7, 11) is 0. The van der Waals surface area contributed by atoms with Gasteiger partial charge in [0, 0.05) is 36.6 Å². The molecule has 1 fully saturated rings. The number of aromatic amines is 1. The number of nitrogen functional groups attached to an aromatic ring is 1. The van der Waals surface area contributed by atoms with Crippen LogP contribution in [0.2, 0.25) is 0 Å². The molecule has 10 heteroatoms. The van der Waals surface area contributed by atoms with E-state index in [1.807, 2.05) is 51.3 Å². The maximum absolute atomic E-state index is 13.7. The Balaban J connectivity index is 1.96. The van der Waals surface area contributed by atoms with Crippen molar-refractivity contribution in [3.8, 4) is 0 Å². The Kier molecular flexibility index (Phi) is 8.24. The fraction of sp³-hybridized carbons (Fsp3) is 0.500. The number of thioether (sulfide) groups is 1. The number of benzene rings is 1. The van der Waals surface area contributed by atoms with Crippen molar-refractivity contribution in [2.75, 3.05) is 34.9 Å². The number of hydrogen-bond acceptors (Lipinski definition) is 6. The van der Waals surface area contributed by atoms with E-state index in [9.17, 15) is 19.2 Å². The third kappa shape index (κ3) is 5.38. The van der Waals surface area contributed by atoms with Crippen molar-refractivity contribution >= 4 is 40.8 Å². The molecule has 1 aliphatic rings. The first kappa shape index (κ1) is 25.6. The van der Waals surface area contributed by atoms with Crippen LogP contribution in [0.1, 0.15) is 40.0 Å². The number of rotatable bonds is 9. The highest BCUT2D eigenvalue weighted by atomic mass is 32.2. The van der Waals surface area contributed by atoms with Crippen LogP contribution in [0, 0.1) is 11.8 Å². The van der Waals surface area contributed by atoms with E-state index in [0.29, 0.717) is 13.0 Å². The number of nitrogens with zero attached hydrogens (tertiary/aromatic N) is 3. The van der Waals surface area contributed by atoms with Gasteiger partial charge >= 0.3 is 5.69 Å². The van der Waals surface area contributed by atoms with Crippen LogP contribution in [0.15, 0.2) is 38.8 Å². The lowest BCUT2D eigenvalue weighted by molar-refractivity contribution is -0.124. The molecular formula is C24H33N5O4S. The summed E-state index contributed by atoms with van der Waals surface area (Å²) in [5.74, 6) is -1.10. The lowest BCUT2D eigenvalue weighted by Gasteiger charge is -2.28. The van der Waals surface area contributed by atoms with Crippen molar-refractivity contribution in [1.29, 1.82) is 0 Å². The van der Waals surface area contributed by atoms with Gasteiger partial charge in [-0.3, -0.25) is 23.9 Å². The van der Waals surface area contributed by atoms with Gasteiger partial charge in [-0.1, -0.05) is 33.3 Å². The van der Waals surface area contributed by atoms with Crippen LogP contribution in [-0.4, -0.2) is 40.7 Å². The van der Waals surface area contributed by atoms with Crippen molar-refractivity contribution in [2.24, 2.45) is 11.8 Å². The highest BCUT2D eigenvalue weighted by Gasteiger charge is 2.39. The monoisotopic (exact) mass is 487 g/mol. The van der Waals surface area contributed by atoms with Crippen LogP contribution in [0.4, 0.5) is 17.2 Å². The molecule has 0 spiro atoms. The largest absolute Gasteiger partial charge is 0.383 e. The summed E-state index contributed by atoms with van der Waals surface area (Å²) in [4.78, 5) is 58.0. The topological polar surface area (TPSA) is 121 Å². The van der Waals surface area contributed by atoms with Gasteiger partial charge in [-0.15, -0.1) is 11.8 Å². The molecule has 0 bridgehead atoms. The number of anilines is 3. The first-order valence-corrected chi connectivity index (χ1v) is 12.8. The summed E-state index contributed by atoms with van der Waals surface area (Å²) in [6.45, 7) is 6.65. The molecule has 2 amide bonds. The number of carbonyl (C=O) groups is 2. The summed E-state index contributed by atoms with van der Waals surface area (Å²) in [6, 6.07) is 7.62. The van der Waals surface area contributed by atoms with E-state index >= 15 is 0 Å². The number of nitrogens with two attached hydrogens (primary N) is 1. The Labute approximate surface area is 203 Å². The van der Waals surface area contributed by atoms with E-state index in [1.165, 1.54) is 9.47 Å². The Morgan fingerprint density at radius 3 is 2.68 bits per heavy atom. The number of carbonyl (C=O) groups excluding carboxylic acids is 2. The second kappa shape index (κ2) is 10.9. The van der Waals surface area contributed by atoms with Crippen molar-refractivity contribution < 1.29 is 9.59 Å². The van der Waals surface area contributed by atoms with Gasteiger partial charge in [-0.25, -0.2) is 4.79 Å². The first-order valence-electron chi connectivity index (χ1n) is 11.6. The van der Waals surface area contributed by atoms with Crippen LogP contribution in [-0.2, 0) is 16.1 Å². The van der Waals surface area contributed by atoms with Crippen molar-refractivity contribution in [2.45, 2.75) is 51.5 Å². The summed E-state index contributed by atoms with van der Waals surface area (Å²) in [6.07, 6.45) is 3.55. The third-order valence-electron chi connectivity index (χ3n) is 5.87. The van der Waals surface area contributed by atoms with E-state index < -0.39 is 17.2 Å². The highest BCUT2D eigenvalue weighted by molar-refractivity contribution is 7.98. The second-order valence-corrected chi connectivity index (χ2v) is 9.83. The van der Waals surface area contributed by atoms with Gasteiger partial charge < -0.3 is 15.5 Å². The highest BCUT2D eigenvalue weighted by Crippen LogP contribution is 2.30. The molecule has 0 radical (unpaired) electrons. The molecule has 0 saturated carbocycles. The molecule has 9 nitrogen and oxygen atoms in total. The van der Waals surface area contributed by atoms with E-state index in [0.717, 1.165) is 17.0 Å². The zero-order chi connectivity index (χ0) is 25.0. The van der Waals surface area contributed by atoms with Crippen LogP contribution in [0.25, 0.3) is 0 Å². The van der Waals surface area contributed by atoms with E-state index in [4.69, 9.17) is 5.73 Å². The van der Waals surface area contributed by atoms with Crippen LogP contribution in [0.3, 0.4) is 0 Å². The lowest BCUT2D eigenvalue weighted by Crippen LogP contribution is -2.45. The average molecular weight is 488 g/mol. The quantitative estimate of drug-likeness (QED) is 0.525. The zero-order valence-electron chi connectivity index (χ0n) is 20.2. The Morgan fingerprint density at radius 2 is 2.03 bits per heavy atom. The molecular weight excluding hydrogens is 454 g/mol. The minimum atomic E-state index is -0.696.